The molecule has 2 aromatic heterocycles. The van der Waals surface area contributed by atoms with Crippen molar-refractivity contribution in [3.8, 4) is 51.7 Å². The van der Waals surface area contributed by atoms with E-state index >= 15 is 0 Å². The third-order valence-corrected chi connectivity index (χ3v) is 8.86. The first-order chi connectivity index (χ1) is 26.9. The minimum absolute atomic E-state index is 0.140. The summed E-state index contributed by atoms with van der Waals surface area (Å²) in [5, 5.41) is 10.8. The molecule has 55 heavy (non-hydrogen) atoms. The highest BCUT2D eigenvalue weighted by atomic mass is 16.7. The van der Waals surface area contributed by atoms with Crippen LogP contribution in [-0.4, -0.2) is 33.4 Å². The fourth-order valence-electron chi connectivity index (χ4n) is 5.95. The quantitative estimate of drug-likeness (QED) is 0.0852. The Balaban J connectivity index is 0.857. The SMILES string of the molecule is CCC(Oc1ccc(C(=O)c2ccc(OC(CC)Oc3ccc(-c4nc5ccccc5o4)cc3)cc2O)cc1)Oc1ccc(-c2nc3ccccc3o2)cc1. The van der Waals surface area contributed by atoms with Gasteiger partial charge in [-0.05, 0) is 109 Å². The maximum absolute atomic E-state index is 13.4. The van der Waals surface area contributed by atoms with Crippen LogP contribution in [0.4, 0.5) is 0 Å². The fraction of sp³-hybridized carbons (Fsp3) is 0.133. The standard InChI is InChI=1S/C45H36N2O8/c1-3-41(51-32-21-15-29(16-22-32)44-46-36-9-5-7-11-39(36)54-44)50-31-19-13-28(14-20-31)43(49)35-26-25-34(27-38(35)48)53-42(4-2)52-33-23-17-30(18-24-33)45-47-37-10-6-8-12-40(37)55-45/h5-27,41-42,48H,3-4H2,1-2H3. The fourth-order valence-corrected chi connectivity index (χ4v) is 5.95. The molecule has 2 heterocycles. The van der Waals surface area contributed by atoms with E-state index in [1.165, 1.54) is 12.1 Å². The number of fused-ring (bicyclic) bond motifs is 2. The Morgan fingerprint density at radius 2 is 0.982 bits per heavy atom. The molecule has 10 heteroatoms. The monoisotopic (exact) mass is 732 g/mol. The summed E-state index contributed by atoms with van der Waals surface area (Å²) < 4.78 is 36.0. The number of carbonyl (C=O) groups excluding carboxylic acids is 1. The molecular formula is C45H36N2O8. The number of hydrogen-bond acceptors (Lipinski definition) is 10. The molecule has 0 amide bonds. The number of benzene rings is 6. The van der Waals surface area contributed by atoms with Gasteiger partial charge in [-0.25, -0.2) is 9.97 Å². The van der Waals surface area contributed by atoms with Crippen molar-refractivity contribution in [3.05, 3.63) is 151 Å². The Morgan fingerprint density at radius 1 is 0.564 bits per heavy atom. The van der Waals surface area contributed by atoms with Crippen molar-refractivity contribution in [3.63, 3.8) is 0 Å². The molecule has 10 nitrogen and oxygen atoms in total. The summed E-state index contributed by atoms with van der Waals surface area (Å²) in [6, 6.07) is 41.4. The summed E-state index contributed by atoms with van der Waals surface area (Å²) in [6.45, 7) is 3.89. The molecule has 8 aromatic rings. The van der Waals surface area contributed by atoms with Gasteiger partial charge in [0.05, 0.1) is 5.56 Å². The Hall–Kier alpha value is -7.07. The van der Waals surface area contributed by atoms with E-state index in [9.17, 15) is 9.90 Å². The number of oxazole rings is 2. The molecule has 0 fully saturated rings. The summed E-state index contributed by atoms with van der Waals surface area (Å²) in [6.07, 6.45) is -0.101. The van der Waals surface area contributed by atoms with Gasteiger partial charge in [-0.2, -0.15) is 0 Å². The molecule has 0 aliphatic heterocycles. The first kappa shape index (κ1) is 35.0. The molecule has 0 saturated heterocycles. The minimum Gasteiger partial charge on any atom is -0.507 e. The second-order valence-electron chi connectivity index (χ2n) is 12.7. The normalized spacial score (nSPS) is 12.3. The summed E-state index contributed by atoms with van der Waals surface area (Å²) >= 11 is 0. The van der Waals surface area contributed by atoms with Gasteiger partial charge in [-0.1, -0.05) is 38.1 Å². The molecule has 0 spiro atoms. The van der Waals surface area contributed by atoms with Crippen molar-refractivity contribution in [2.45, 2.75) is 39.3 Å². The smallest absolute Gasteiger partial charge is 0.240 e. The lowest BCUT2D eigenvalue weighted by Gasteiger charge is -2.20. The molecule has 0 aliphatic carbocycles. The van der Waals surface area contributed by atoms with Crippen LogP contribution in [-0.2, 0) is 0 Å². The van der Waals surface area contributed by atoms with E-state index in [1.807, 2.05) is 111 Å². The number of rotatable bonds is 14. The van der Waals surface area contributed by atoms with Crippen LogP contribution in [0.2, 0.25) is 0 Å². The van der Waals surface area contributed by atoms with Crippen LogP contribution in [0.5, 0.6) is 28.7 Å². The van der Waals surface area contributed by atoms with Crippen LogP contribution in [0, 0.1) is 0 Å². The number of aromatic hydroxyl groups is 1. The average molecular weight is 733 g/mol. The van der Waals surface area contributed by atoms with Crippen LogP contribution < -0.4 is 18.9 Å². The molecule has 8 rings (SSSR count). The molecule has 1 N–H and O–H groups in total. The zero-order valence-corrected chi connectivity index (χ0v) is 30.0. The van der Waals surface area contributed by atoms with Crippen molar-refractivity contribution < 1.29 is 37.7 Å². The lowest BCUT2D eigenvalue weighted by molar-refractivity contribution is 0.00292. The van der Waals surface area contributed by atoms with E-state index < -0.39 is 12.6 Å². The molecule has 0 saturated carbocycles. The molecule has 274 valence electrons. The number of phenols is 1. The predicted molar refractivity (Wildman–Crippen MR) is 208 cm³/mol. The van der Waals surface area contributed by atoms with Gasteiger partial charge in [0.25, 0.3) is 0 Å². The predicted octanol–water partition coefficient (Wildman–Crippen LogP) is 10.6. The van der Waals surface area contributed by atoms with Crippen molar-refractivity contribution in [1.29, 1.82) is 0 Å². The van der Waals surface area contributed by atoms with E-state index in [2.05, 4.69) is 9.97 Å². The molecule has 2 atom stereocenters. The lowest BCUT2D eigenvalue weighted by atomic mass is 10.0. The van der Waals surface area contributed by atoms with E-state index in [-0.39, 0.29) is 17.1 Å². The Morgan fingerprint density at radius 3 is 1.42 bits per heavy atom. The van der Waals surface area contributed by atoms with Gasteiger partial charge in [0, 0.05) is 35.6 Å². The summed E-state index contributed by atoms with van der Waals surface area (Å²) in [5.74, 6) is 2.63. The zero-order valence-electron chi connectivity index (χ0n) is 30.0. The maximum Gasteiger partial charge on any atom is 0.240 e. The number of carbonyl (C=O) groups is 1. The molecule has 2 unspecified atom stereocenters. The molecule has 0 radical (unpaired) electrons. The van der Waals surface area contributed by atoms with Crippen LogP contribution >= 0.6 is 0 Å². The lowest BCUT2D eigenvalue weighted by Crippen LogP contribution is -2.23. The van der Waals surface area contributed by atoms with E-state index in [0.717, 1.165) is 33.3 Å². The molecule has 0 aliphatic rings. The number of ether oxygens (including phenoxy) is 4. The minimum atomic E-state index is -0.640. The third kappa shape index (κ3) is 7.84. The average Bonchev–Trinajstić information content (AvgIpc) is 3.86. The molecular weight excluding hydrogens is 697 g/mol. The zero-order chi connectivity index (χ0) is 37.7. The van der Waals surface area contributed by atoms with Gasteiger partial charge < -0.3 is 32.9 Å². The summed E-state index contributed by atoms with van der Waals surface area (Å²) in [5.41, 5.74) is 5.23. The van der Waals surface area contributed by atoms with Crippen molar-refractivity contribution in [2.24, 2.45) is 0 Å². The number of hydrogen-bond donors (Lipinski definition) is 1. The second-order valence-corrected chi connectivity index (χ2v) is 12.7. The highest BCUT2D eigenvalue weighted by Crippen LogP contribution is 2.31. The van der Waals surface area contributed by atoms with Gasteiger partial charge in [0.2, 0.25) is 24.4 Å². The number of phenolic OH excluding ortho intramolecular Hbond substituents is 1. The highest BCUT2D eigenvalue weighted by molar-refractivity contribution is 6.10. The highest BCUT2D eigenvalue weighted by Gasteiger charge is 2.18. The number of nitrogens with zero attached hydrogens (tertiary/aromatic N) is 2. The van der Waals surface area contributed by atoms with Gasteiger partial charge in [-0.3, -0.25) is 4.79 Å². The largest absolute Gasteiger partial charge is 0.507 e. The Labute approximate surface area is 316 Å². The summed E-state index contributed by atoms with van der Waals surface area (Å²) in [4.78, 5) is 22.5. The van der Waals surface area contributed by atoms with E-state index in [1.54, 1.807) is 30.3 Å². The second kappa shape index (κ2) is 15.5. The molecule has 6 aromatic carbocycles. The van der Waals surface area contributed by atoms with Gasteiger partial charge in [0.1, 0.15) is 39.8 Å². The van der Waals surface area contributed by atoms with Crippen molar-refractivity contribution in [2.75, 3.05) is 0 Å². The maximum atomic E-state index is 13.4. The van der Waals surface area contributed by atoms with Crippen LogP contribution in [0.1, 0.15) is 42.6 Å². The van der Waals surface area contributed by atoms with Crippen molar-refractivity contribution >= 4 is 28.0 Å². The van der Waals surface area contributed by atoms with Crippen LogP contribution in [0.25, 0.3) is 45.1 Å². The number of aromatic nitrogens is 2. The van der Waals surface area contributed by atoms with Gasteiger partial charge >= 0.3 is 0 Å². The number of para-hydroxylation sites is 4. The number of ketones is 1. The van der Waals surface area contributed by atoms with Crippen molar-refractivity contribution in [1.82, 2.24) is 9.97 Å². The van der Waals surface area contributed by atoms with E-state index in [4.69, 9.17) is 27.8 Å². The first-order valence-corrected chi connectivity index (χ1v) is 18.0. The molecule has 0 bridgehead atoms. The van der Waals surface area contributed by atoms with Crippen LogP contribution in [0.15, 0.2) is 148 Å². The third-order valence-electron chi connectivity index (χ3n) is 8.86. The Bertz CT molecular complexity index is 2490. The Kier molecular flexibility index (Phi) is 9.86. The first-order valence-electron chi connectivity index (χ1n) is 18.0. The summed E-state index contributed by atoms with van der Waals surface area (Å²) in [7, 11) is 0. The van der Waals surface area contributed by atoms with Gasteiger partial charge in [0.15, 0.2) is 16.9 Å². The topological polar surface area (TPSA) is 126 Å². The van der Waals surface area contributed by atoms with Gasteiger partial charge in [-0.15, -0.1) is 0 Å². The van der Waals surface area contributed by atoms with Crippen LogP contribution in [0.3, 0.4) is 0 Å². The van der Waals surface area contributed by atoms with E-state index in [0.29, 0.717) is 53.2 Å².